The number of fused-ring (bicyclic) bond motifs is 1. The second-order valence-corrected chi connectivity index (χ2v) is 6.70. The molecule has 0 saturated carbocycles. The number of Topliss-reactive ketones (excluding diaryl/α,β-unsaturated/α-hetero) is 1. The van der Waals surface area contributed by atoms with Crippen LogP contribution in [0.1, 0.15) is 22.3 Å². The SMILES string of the molecule is COc1ccc(C(=O)CCc2c(-c3ccccc3)[nH]c3ccccc23)c(O)c1. The third-order valence-electron chi connectivity index (χ3n) is 4.98. The summed E-state index contributed by atoms with van der Waals surface area (Å²) in [6, 6.07) is 23.0. The highest BCUT2D eigenvalue weighted by molar-refractivity contribution is 5.99. The number of phenolic OH excluding ortho intramolecular Hbond substituents is 1. The first kappa shape index (κ1) is 17.9. The summed E-state index contributed by atoms with van der Waals surface area (Å²) in [6.45, 7) is 0. The largest absolute Gasteiger partial charge is 0.507 e. The summed E-state index contributed by atoms with van der Waals surface area (Å²) in [4.78, 5) is 16.2. The lowest BCUT2D eigenvalue weighted by Gasteiger charge is -2.08. The Labute approximate surface area is 163 Å². The van der Waals surface area contributed by atoms with Crippen LogP contribution in [0.15, 0.2) is 72.8 Å². The summed E-state index contributed by atoms with van der Waals surface area (Å²) >= 11 is 0. The summed E-state index contributed by atoms with van der Waals surface area (Å²) in [5.74, 6) is 0.382. The van der Waals surface area contributed by atoms with Crippen molar-refractivity contribution in [2.75, 3.05) is 7.11 Å². The van der Waals surface area contributed by atoms with Crippen molar-refractivity contribution in [1.29, 1.82) is 0 Å². The first-order valence-electron chi connectivity index (χ1n) is 9.22. The fourth-order valence-electron chi connectivity index (χ4n) is 3.56. The molecule has 0 radical (unpaired) electrons. The number of rotatable bonds is 6. The summed E-state index contributed by atoms with van der Waals surface area (Å²) in [6.07, 6.45) is 0.889. The molecule has 4 nitrogen and oxygen atoms in total. The summed E-state index contributed by atoms with van der Waals surface area (Å²) in [5, 5.41) is 11.3. The van der Waals surface area contributed by atoms with Gasteiger partial charge in [-0.1, -0.05) is 48.5 Å². The van der Waals surface area contributed by atoms with Crippen molar-refractivity contribution in [1.82, 2.24) is 4.98 Å². The van der Waals surface area contributed by atoms with E-state index in [1.165, 1.54) is 13.2 Å². The van der Waals surface area contributed by atoms with E-state index >= 15 is 0 Å². The fourth-order valence-corrected chi connectivity index (χ4v) is 3.56. The lowest BCUT2D eigenvalue weighted by molar-refractivity contribution is 0.0980. The molecule has 0 aliphatic carbocycles. The Bertz CT molecular complexity index is 1130. The molecule has 0 fully saturated rings. The van der Waals surface area contributed by atoms with E-state index in [1.807, 2.05) is 36.4 Å². The van der Waals surface area contributed by atoms with Crippen molar-refractivity contribution in [2.45, 2.75) is 12.8 Å². The van der Waals surface area contributed by atoms with Crippen LogP contribution in [-0.4, -0.2) is 23.0 Å². The molecule has 0 aliphatic rings. The number of aromatic nitrogens is 1. The van der Waals surface area contributed by atoms with Crippen LogP contribution in [0, 0.1) is 0 Å². The number of benzene rings is 3. The van der Waals surface area contributed by atoms with Crippen LogP contribution in [0.4, 0.5) is 0 Å². The molecule has 0 saturated heterocycles. The van der Waals surface area contributed by atoms with Gasteiger partial charge in [0.25, 0.3) is 0 Å². The third-order valence-corrected chi connectivity index (χ3v) is 4.98. The van der Waals surface area contributed by atoms with Crippen LogP contribution in [0.3, 0.4) is 0 Å². The minimum atomic E-state index is -0.0931. The van der Waals surface area contributed by atoms with Gasteiger partial charge in [-0.2, -0.15) is 0 Å². The van der Waals surface area contributed by atoms with Crippen LogP contribution in [-0.2, 0) is 6.42 Å². The predicted molar refractivity (Wildman–Crippen MR) is 111 cm³/mol. The Kier molecular flexibility index (Phi) is 4.85. The van der Waals surface area contributed by atoms with Crippen molar-refractivity contribution >= 4 is 16.7 Å². The molecular weight excluding hydrogens is 350 g/mol. The second-order valence-electron chi connectivity index (χ2n) is 6.70. The number of ether oxygens (including phenoxy) is 1. The Morgan fingerprint density at radius 1 is 1.00 bits per heavy atom. The third kappa shape index (κ3) is 3.37. The van der Waals surface area contributed by atoms with Gasteiger partial charge in [0.2, 0.25) is 0 Å². The molecule has 0 aliphatic heterocycles. The average molecular weight is 371 g/mol. The molecule has 0 bridgehead atoms. The van der Waals surface area contributed by atoms with Gasteiger partial charge in [0, 0.05) is 29.1 Å². The molecule has 0 unspecified atom stereocenters. The lowest BCUT2D eigenvalue weighted by atomic mass is 9.97. The highest BCUT2D eigenvalue weighted by Gasteiger charge is 2.17. The minimum absolute atomic E-state index is 0.0495. The molecule has 0 spiro atoms. The van der Waals surface area contributed by atoms with Crippen molar-refractivity contribution in [3.8, 4) is 22.8 Å². The molecule has 2 N–H and O–H groups in total. The number of nitrogens with one attached hydrogen (secondary N) is 1. The highest BCUT2D eigenvalue weighted by Crippen LogP contribution is 2.32. The maximum absolute atomic E-state index is 12.7. The summed E-state index contributed by atoms with van der Waals surface area (Å²) in [7, 11) is 1.53. The maximum atomic E-state index is 12.7. The number of aryl methyl sites for hydroxylation is 1. The van der Waals surface area contributed by atoms with Gasteiger partial charge in [-0.05, 0) is 35.7 Å². The first-order valence-corrected chi connectivity index (χ1v) is 9.22. The topological polar surface area (TPSA) is 62.3 Å². The van der Waals surface area contributed by atoms with Gasteiger partial charge >= 0.3 is 0 Å². The number of carbonyl (C=O) groups is 1. The van der Waals surface area contributed by atoms with Crippen molar-refractivity contribution in [3.63, 3.8) is 0 Å². The van der Waals surface area contributed by atoms with Gasteiger partial charge in [-0.3, -0.25) is 4.79 Å². The summed E-state index contributed by atoms with van der Waals surface area (Å²) in [5.41, 5.74) is 4.61. The number of aromatic hydroxyl groups is 1. The van der Waals surface area contributed by atoms with Gasteiger partial charge in [0.05, 0.1) is 12.7 Å². The zero-order valence-corrected chi connectivity index (χ0v) is 15.6. The molecule has 0 amide bonds. The number of aromatic amines is 1. The average Bonchev–Trinajstić information content (AvgIpc) is 3.11. The van der Waals surface area contributed by atoms with Crippen molar-refractivity contribution in [2.24, 2.45) is 0 Å². The number of phenols is 1. The molecule has 4 heteroatoms. The number of para-hydroxylation sites is 1. The van der Waals surface area contributed by atoms with Crippen LogP contribution in [0.25, 0.3) is 22.2 Å². The van der Waals surface area contributed by atoms with Crippen LogP contribution in [0.5, 0.6) is 11.5 Å². The fraction of sp³-hybridized carbons (Fsp3) is 0.125. The quantitative estimate of drug-likeness (QED) is 0.448. The molecule has 3 aromatic carbocycles. The standard InChI is InChI=1S/C24H21NO3/c1-28-17-11-12-20(23(27)15-17)22(26)14-13-19-18-9-5-6-10-21(18)25-24(19)16-7-3-2-4-8-16/h2-12,15,25,27H,13-14H2,1H3. The van der Waals surface area contributed by atoms with Gasteiger partial charge in [-0.15, -0.1) is 0 Å². The molecule has 4 rings (SSSR count). The zero-order valence-electron chi connectivity index (χ0n) is 15.6. The van der Waals surface area contributed by atoms with E-state index < -0.39 is 0 Å². The lowest BCUT2D eigenvalue weighted by Crippen LogP contribution is -2.02. The zero-order chi connectivity index (χ0) is 19.5. The summed E-state index contributed by atoms with van der Waals surface area (Å²) < 4.78 is 5.09. The first-order chi connectivity index (χ1) is 13.7. The van der Waals surface area contributed by atoms with Crippen LogP contribution < -0.4 is 4.74 Å². The second kappa shape index (κ2) is 7.61. The Morgan fingerprint density at radius 3 is 2.50 bits per heavy atom. The van der Waals surface area contributed by atoms with E-state index in [9.17, 15) is 9.90 Å². The Hall–Kier alpha value is -3.53. The van der Waals surface area contributed by atoms with E-state index in [-0.39, 0.29) is 11.5 Å². The number of methoxy groups -OCH3 is 1. The van der Waals surface area contributed by atoms with Gasteiger partial charge in [-0.25, -0.2) is 0 Å². The van der Waals surface area contributed by atoms with Gasteiger partial charge in [0.15, 0.2) is 5.78 Å². The van der Waals surface area contributed by atoms with Gasteiger partial charge < -0.3 is 14.8 Å². The Morgan fingerprint density at radius 2 is 1.75 bits per heavy atom. The molecule has 140 valence electrons. The van der Waals surface area contributed by atoms with Gasteiger partial charge in [0.1, 0.15) is 11.5 Å². The molecule has 0 atom stereocenters. The number of ketones is 1. The number of H-pyrrole nitrogens is 1. The van der Waals surface area contributed by atoms with E-state index in [4.69, 9.17) is 4.74 Å². The van der Waals surface area contributed by atoms with E-state index in [1.54, 1.807) is 12.1 Å². The molecular formula is C24H21NO3. The highest BCUT2D eigenvalue weighted by atomic mass is 16.5. The van der Waals surface area contributed by atoms with Crippen molar-refractivity contribution in [3.05, 3.63) is 83.9 Å². The minimum Gasteiger partial charge on any atom is -0.507 e. The molecule has 4 aromatic rings. The molecule has 28 heavy (non-hydrogen) atoms. The van der Waals surface area contributed by atoms with Crippen LogP contribution in [0.2, 0.25) is 0 Å². The predicted octanol–water partition coefficient (Wildman–Crippen LogP) is 5.36. The van der Waals surface area contributed by atoms with Crippen molar-refractivity contribution < 1.29 is 14.6 Å². The maximum Gasteiger partial charge on any atom is 0.166 e. The molecule has 1 heterocycles. The molecule has 1 aromatic heterocycles. The van der Waals surface area contributed by atoms with Crippen LogP contribution >= 0.6 is 0 Å². The number of carbonyl (C=O) groups excluding carboxylic acids is 1. The number of hydrogen-bond acceptors (Lipinski definition) is 3. The Balaban J connectivity index is 1.65. The van der Waals surface area contributed by atoms with E-state index in [0.717, 1.165) is 27.7 Å². The normalized spacial score (nSPS) is 10.9. The monoisotopic (exact) mass is 371 g/mol. The smallest absolute Gasteiger partial charge is 0.166 e. The van der Waals surface area contributed by atoms with E-state index in [0.29, 0.717) is 24.2 Å². The number of hydrogen-bond donors (Lipinski definition) is 2. The van der Waals surface area contributed by atoms with E-state index in [2.05, 4.69) is 23.2 Å².